The van der Waals surface area contributed by atoms with E-state index < -0.39 is 12.1 Å². The Kier molecular flexibility index (Phi) is 1.95. The number of hydrogen-bond donors (Lipinski definition) is 3. The van der Waals surface area contributed by atoms with Gasteiger partial charge >= 0.3 is 6.09 Å². The predicted octanol–water partition coefficient (Wildman–Crippen LogP) is -0.0789. The Morgan fingerprint density at radius 3 is 2.67 bits per heavy atom. The molecule has 0 aliphatic carbocycles. The van der Waals surface area contributed by atoms with Crippen molar-refractivity contribution in [2.45, 2.75) is 31.8 Å². The summed E-state index contributed by atoms with van der Waals surface area (Å²) in [5, 5.41) is 13.2. The molecule has 0 aromatic carbocycles. The van der Waals surface area contributed by atoms with Crippen molar-refractivity contribution in [1.82, 2.24) is 10.6 Å². The van der Waals surface area contributed by atoms with E-state index in [9.17, 15) is 9.59 Å². The van der Waals surface area contributed by atoms with Gasteiger partial charge in [-0.2, -0.15) is 0 Å². The second-order valence-electron chi connectivity index (χ2n) is 3.58. The number of carbonyl (C=O) groups is 2. The first-order valence-corrected chi connectivity index (χ1v) is 3.72. The molecule has 2 amide bonds. The number of nitrogens with one attached hydrogen (secondary N) is 2. The Bertz CT molecular complexity index is 225. The van der Waals surface area contributed by atoms with Crippen LogP contribution in [-0.2, 0) is 4.79 Å². The minimum atomic E-state index is -1.16. The van der Waals surface area contributed by atoms with E-state index in [4.69, 9.17) is 5.11 Å². The fraction of sp³-hybridized carbons (Fsp3) is 0.714. The van der Waals surface area contributed by atoms with Crippen LogP contribution in [0.5, 0.6) is 0 Å². The minimum absolute atomic E-state index is 0.248. The highest BCUT2D eigenvalue weighted by Crippen LogP contribution is 2.18. The third-order valence-corrected chi connectivity index (χ3v) is 1.79. The fourth-order valence-electron chi connectivity index (χ4n) is 1.34. The maximum absolute atomic E-state index is 11.1. The van der Waals surface area contributed by atoms with Crippen LogP contribution in [-0.4, -0.2) is 28.7 Å². The lowest BCUT2D eigenvalue weighted by Gasteiger charge is -2.15. The molecule has 5 heteroatoms. The molecular weight excluding hydrogens is 160 g/mol. The van der Waals surface area contributed by atoms with Crippen molar-refractivity contribution in [3.05, 3.63) is 0 Å². The summed E-state index contributed by atoms with van der Waals surface area (Å²) >= 11 is 0. The molecule has 68 valence electrons. The summed E-state index contributed by atoms with van der Waals surface area (Å²) in [6.45, 7) is 3.71. The molecule has 1 fully saturated rings. The fourth-order valence-corrected chi connectivity index (χ4v) is 1.34. The van der Waals surface area contributed by atoms with E-state index in [1.807, 2.05) is 13.8 Å². The van der Waals surface area contributed by atoms with Gasteiger partial charge in [0.2, 0.25) is 5.91 Å². The first kappa shape index (κ1) is 8.83. The lowest BCUT2D eigenvalue weighted by molar-refractivity contribution is -0.121. The van der Waals surface area contributed by atoms with Crippen LogP contribution in [0.1, 0.15) is 20.3 Å². The standard InChI is InChI=1S/C7H12N2O3/c1-7(2)3-4(5(10)9-7)8-6(11)12/h4,8H,3H2,1-2H3,(H,9,10)(H,11,12)/t4-/m0/s1. The van der Waals surface area contributed by atoms with Gasteiger partial charge in [0, 0.05) is 5.54 Å². The van der Waals surface area contributed by atoms with Gasteiger partial charge in [-0.1, -0.05) is 0 Å². The summed E-state index contributed by atoms with van der Waals surface area (Å²) in [7, 11) is 0. The van der Waals surface area contributed by atoms with Crippen molar-refractivity contribution in [3.63, 3.8) is 0 Å². The van der Waals surface area contributed by atoms with Crippen molar-refractivity contribution in [1.29, 1.82) is 0 Å². The zero-order chi connectivity index (χ0) is 9.35. The molecule has 0 aromatic rings. The van der Waals surface area contributed by atoms with E-state index in [-0.39, 0.29) is 11.4 Å². The highest BCUT2D eigenvalue weighted by Gasteiger charge is 2.37. The zero-order valence-corrected chi connectivity index (χ0v) is 7.05. The first-order valence-electron chi connectivity index (χ1n) is 3.72. The summed E-state index contributed by atoms with van der Waals surface area (Å²) in [6, 6.07) is -0.600. The molecule has 0 radical (unpaired) electrons. The van der Waals surface area contributed by atoms with Crippen LogP contribution < -0.4 is 10.6 Å². The second kappa shape index (κ2) is 2.66. The molecule has 1 heterocycles. The van der Waals surface area contributed by atoms with Gasteiger partial charge in [-0.05, 0) is 20.3 Å². The predicted molar refractivity (Wildman–Crippen MR) is 41.8 cm³/mol. The van der Waals surface area contributed by atoms with Gasteiger partial charge in [-0.25, -0.2) is 4.79 Å². The SMILES string of the molecule is CC1(C)C[C@H](NC(=O)O)C(=O)N1. The van der Waals surface area contributed by atoms with E-state index in [2.05, 4.69) is 10.6 Å². The van der Waals surface area contributed by atoms with Crippen LogP contribution in [0, 0.1) is 0 Å². The molecular formula is C7H12N2O3. The Labute approximate surface area is 70.1 Å². The maximum Gasteiger partial charge on any atom is 0.405 e. The molecule has 12 heavy (non-hydrogen) atoms. The van der Waals surface area contributed by atoms with E-state index in [1.165, 1.54) is 0 Å². The average molecular weight is 172 g/mol. The normalized spacial score (nSPS) is 26.5. The van der Waals surface area contributed by atoms with Crippen LogP contribution in [0.4, 0.5) is 4.79 Å². The Morgan fingerprint density at radius 2 is 2.33 bits per heavy atom. The first-order chi connectivity index (χ1) is 5.41. The largest absolute Gasteiger partial charge is 0.465 e. The second-order valence-corrected chi connectivity index (χ2v) is 3.58. The van der Waals surface area contributed by atoms with Gasteiger partial charge < -0.3 is 15.7 Å². The van der Waals surface area contributed by atoms with E-state index >= 15 is 0 Å². The van der Waals surface area contributed by atoms with Crippen LogP contribution in [0.25, 0.3) is 0 Å². The lowest BCUT2D eigenvalue weighted by Crippen LogP contribution is -2.39. The number of carbonyl (C=O) groups excluding carboxylic acids is 1. The average Bonchev–Trinajstić information content (AvgIpc) is 2.03. The topological polar surface area (TPSA) is 78.4 Å². The summed E-state index contributed by atoms with van der Waals surface area (Å²) in [6.07, 6.45) is -0.661. The summed E-state index contributed by atoms with van der Waals surface area (Å²) in [5.41, 5.74) is -0.301. The van der Waals surface area contributed by atoms with E-state index in [0.29, 0.717) is 6.42 Å². The van der Waals surface area contributed by atoms with Gasteiger partial charge in [-0.3, -0.25) is 4.79 Å². The minimum Gasteiger partial charge on any atom is -0.465 e. The van der Waals surface area contributed by atoms with Crippen LogP contribution in [0.15, 0.2) is 0 Å². The molecule has 0 saturated carbocycles. The molecule has 0 aromatic heterocycles. The molecule has 3 N–H and O–H groups in total. The van der Waals surface area contributed by atoms with Crippen molar-refractivity contribution >= 4 is 12.0 Å². The van der Waals surface area contributed by atoms with Gasteiger partial charge in [0.25, 0.3) is 0 Å². The molecule has 0 unspecified atom stereocenters. The van der Waals surface area contributed by atoms with Gasteiger partial charge in [-0.15, -0.1) is 0 Å². The molecule has 0 bridgehead atoms. The lowest BCUT2D eigenvalue weighted by atomic mass is 10.0. The van der Waals surface area contributed by atoms with Crippen LogP contribution in [0.2, 0.25) is 0 Å². The molecule has 0 spiro atoms. The Hall–Kier alpha value is -1.26. The van der Waals surface area contributed by atoms with Crippen molar-refractivity contribution in [2.75, 3.05) is 0 Å². The van der Waals surface area contributed by atoms with Crippen molar-refractivity contribution in [2.24, 2.45) is 0 Å². The molecule has 1 atom stereocenters. The van der Waals surface area contributed by atoms with Crippen molar-refractivity contribution < 1.29 is 14.7 Å². The monoisotopic (exact) mass is 172 g/mol. The Balaban J connectivity index is 2.58. The van der Waals surface area contributed by atoms with Gasteiger partial charge in [0.05, 0.1) is 0 Å². The molecule has 1 rings (SSSR count). The van der Waals surface area contributed by atoms with Crippen LogP contribution >= 0.6 is 0 Å². The molecule has 1 aliphatic rings. The molecule has 1 saturated heterocycles. The zero-order valence-electron chi connectivity index (χ0n) is 7.05. The number of hydrogen-bond acceptors (Lipinski definition) is 2. The van der Waals surface area contributed by atoms with Gasteiger partial charge in [0.15, 0.2) is 0 Å². The number of amides is 2. The third kappa shape index (κ3) is 1.87. The summed E-state index contributed by atoms with van der Waals surface area (Å²) in [5.74, 6) is -0.248. The quantitative estimate of drug-likeness (QED) is 0.517. The van der Waals surface area contributed by atoms with Crippen LogP contribution in [0.3, 0.4) is 0 Å². The number of rotatable bonds is 1. The highest BCUT2D eigenvalue weighted by molar-refractivity contribution is 5.88. The smallest absolute Gasteiger partial charge is 0.405 e. The highest BCUT2D eigenvalue weighted by atomic mass is 16.4. The molecule has 1 aliphatic heterocycles. The van der Waals surface area contributed by atoms with Crippen molar-refractivity contribution in [3.8, 4) is 0 Å². The molecule has 5 nitrogen and oxygen atoms in total. The van der Waals surface area contributed by atoms with E-state index in [1.54, 1.807) is 0 Å². The Morgan fingerprint density at radius 1 is 1.75 bits per heavy atom. The summed E-state index contributed by atoms with van der Waals surface area (Å²) in [4.78, 5) is 21.3. The maximum atomic E-state index is 11.1. The third-order valence-electron chi connectivity index (χ3n) is 1.79. The number of carboxylic acid groups (broad SMARTS) is 1. The summed E-state index contributed by atoms with van der Waals surface area (Å²) < 4.78 is 0. The van der Waals surface area contributed by atoms with Gasteiger partial charge in [0.1, 0.15) is 6.04 Å². The van der Waals surface area contributed by atoms with E-state index in [0.717, 1.165) is 0 Å².